The van der Waals surface area contributed by atoms with Crippen molar-refractivity contribution in [1.82, 2.24) is 25.5 Å². The van der Waals surface area contributed by atoms with Crippen molar-refractivity contribution >= 4 is 0 Å². The summed E-state index contributed by atoms with van der Waals surface area (Å²) in [5, 5.41) is 14.6. The maximum Gasteiger partial charge on any atom is 0.170 e. The molecule has 1 N–H and O–H groups in total. The van der Waals surface area contributed by atoms with Crippen LogP contribution in [0.15, 0.2) is 24.3 Å². The average Bonchev–Trinajstić information content (AvgIpc) is 2.74. The lowest BCUT2D eigenvalue weighted by atomic mass is 10.1. The Bertz CT molecular complexity index is 529. The first-order chi connectivity index (χ1) is 8.47. The number of nitrogens with one attached hydrogen (secondary N) is 1. The van der Waals surface area contributed by atoms with Gasteiger partial charge >= 0.3 is 0 Å². The van der Waals surface area contributed by atoms with Gasteiger partial charge in [0.2, 0.25) is 0 Å². The van der Waals surface area contributed by atoms with Crippen LogP contribution in [0.4, 0.5) is 4.39 Å². The lowest BCUT2D eigenvalue weighted by molar-refractivity contribution is 0.414. The quantitative estimate of drug-likeness (QED) is 0.899. The number of benzene rings is 1. The Kier molecular flexibility index (Phi) is 3.38. The molecule has 0 fully saturated rings. The van der Waals surface area contributed by atoms with Gasteiger partial charge in [0, 0.05) is 5.54 Å². The van der Waals surface area contributed by atoms with Crippen LogP contribution in [0.5, 0.6) is 0 Å². The minimum Gasteiger partial charge on any atom is -0.305 e. The second-order valence-electron chi connectivity index (χ2n) is 5.06. The van der Waals surface area contributed by atoms with E-state index in [4.69, 9.17) is 0 Å². The Hall–Kier alpha value is -1.82. The Balaban J connectivity index is 2.26. The van der Waals surface area contributed by atoms with Crippen LogP contribution >= 0.6 is 0 Å². The fourth-order valence-electron chi connectivity index (χ4n) is 1.47. The Morgan fingerprint density at radius 1 is 1.28 bits per heavy atom. The van der Waals surface area contributed by atoms with E-state index in [1.165, 1.54) is 10.7 Å². The third-order valence-electron chi connectivity index (χ3n) is 2.39. The molecule has 0 atom stereocenters. The number of aromatic nitrogens is 4. The van der Waals surface area contributed by atoms with Crippen molar-refractivity contribution < 1.29 is 4.39 Å². The van der Waals surface area contributed by atoms with E-state index >= 15 is 0 Å². The normalized spacial score (nSPS) is 11.8. The molecular formula is C12H16FN5. The van der Waals surface area contributed by atoms with Crippen molar-refractivity contribution in [2.45, 2.75) is 32.9 Å². The lowest BCUT2D eigenvalue weighted by Crippen LogP contribution is -2.36. The van der Waals surface area contributed by atoms with E-state index in [0.717, 1.165) is 0 Å². The van der Waals surface area contributed by atoms with Gasteiger partial charge in [-0.05, 0) is 43.3 Å². The fourth-order valence-corrected chi connectivity index (χ4v) is 1.47. The van der Waals surface area contributed by atoms with E-state index in [9.17, 15) is 4.39 Å². The zero-order valence-corrected chi connectivity index (χ0v) is 10.7. The van der Waals surface area contributed by atoms with E-state index in [2.05, 4.69) is 20.8 Å². The van der Waals surface area contributed by atoms with Crippen molar-refractivity contribution in [1.29, 1.82) is 0 Å². The third kappa shape index (κ3) is 2.89. The molecule has 0 radical (unpaired) electrons. The van der Waals surface area contributed by atoms with Gasteiger partial charge in [-0.25, -0.2) is 4.39 Å². The summed E-state index contributed by atoms with van der Waals surface area (Å²) in [6, 6.07) is 6.42. The summed E-state index contributed by atoms with van der Waals surface area (Å²) < 4.78 is 15.1. The molecule has 0 amide bonds. The molecule has 0 aliphatic heterocycles. The minimum absolute atomic E-state index is 0.0496. The van der Waals surface area contributed by atoms with Crippen molar-refractivity contribution in [3.63, 3.8) is 0 Å². The number of para-hydroxylation sites is 1. The van der Waals surface area contributed by atoms with Crippen LogP contribution < -0.4 is 5.32 Å². The smallest absolute Gasteiger partial charge is 0.170 e. The number of tetrazole rings is 1. The van der Waals surface area contributed by atoms with Crippen LogP contribution in [0, 0.1) is 5.82 Å². The van der Waals surface area contributed by atoms with Gasteiger partial charge in [0.15, 0.2) is 5.82 Å². The van der Waals surface area contributed by atoms with E-state index in [-0.39, 0.29) is 11.4 Å². The highest BCUT2D eigenvalue weighted by atomic mass is 19.1. The molecule has 0 saturated carbocycles. The highest BCUT2D eigenvalue weighted by molar-refractivity contribution is 5.32. The molecule has 0 bridgehead atoms. The second-order valence-corrected chi connectivity index (χ2v) is 5.06. The SMILES string of the molecule is CC(C)(C)NCc1nnnn1-c1ccccc1F. The van der Waals surface area contributed by atoms with Gasteiger partial charge in [-0.2, -0.15) is 4.68 Å². The predicted octanol–water partition coefficient (Wildman–Crippen LogP) is 1.69. The molecule has 5 nitrogen and oxygen atoms in total. The van der Waals surface area contributed by atoms with Crippen molar-refractivity contribution in [2.75, 3.05) is 0 Å². The number of nitrogens with zero attached hydrogens (tertiary/aromatic N) is 4. The van der Waals surface area contributed by atoms with Crippen molar-refractivity contribution in [2.24, 2.45) is 0 Å². The number of halogens is 1. The van der Waals surface area contributed by atoms with Gasteiger partial charge in [-0.1, -0.05) is 12.1 Å². The van der Waals surface area contributed by atoms with Crippen molar-refractivity contribution in [3.8, 4) is 5.69 Å². The molecule has 1 heterocycles. The number of hydrogen-bond donors (Lipinski definition) is 1. The van der Waals surface area contributed by atoms with E-state index in [1.807, 2.05) is 20.8 Å². The van der Waals surface area contributed by atoms with E-state index in [0.29, 0.717) is 18.1 Å². The summed E-state index contributed by atoms with van der Waals surface area (Å²) in [5.41, 5.74) is 0.305. The Morgan fingerprint density at radius 3 is 2.67 bits per heavy atom. The molecule has 1 aromatic heterocycles. The number of rotatable bonds is 3. The van der Waals surface area contributed by atoms with Crippen LogP contribution in [0.25, 0.3) is 5.69 Å². The first kappa shape index (κ1) is 12.6. The molecule has 0 aliphatic carbocycles. The Labute approximate surface area is 105 Å². The van der Waals surface area contributed by atoms with Crippen LogP contribution in [-0.4, -0.2) is 25.7 Å². The molecule has 0 unspecified atom stereocenters. The standard InChI is InChI=1S/C12H16FN5/c1-12(2,3)14-8-11-15-16-17-18(11)10-7-5-4-6-9(10)13/h4-7,14H,8H2,1-3H3. The summed E-state index contributed by atoms with van der Waals surface area (Å²) >= 11 is 0. The highest BCUT2D eigenvalue weighted by Gasteiger charge is 2.15. The molecule has 0 spiro atoms. The molecule has 1 aromatic carbocycles. The van der Waals surface area contributed by atoms with Gasteiger partial charge in [0.1, 0.15) is 11.5 Å². The third-order valence-corrected chi connectivity index (χ3v) is 2.39. The first-order valence-electron chi connectivity index (χ1n) is 5.74. The summed E-state index contributed by atoms with van der Waals surface area (Å²) in [5.74, 6) is 0.233. The molecule has 2 aromatic rings. The van der Waals surface area contributed by atoms with Crippen LogP contribution in [-0.2, 0) is 6.54 Å². The topological polar surface area (TPSA) is 55.6 Å². The summed E-state index contributed by atoms with van der Waals surface area (Å²) in [6.07, 6.45) is 0. The molecule has 18 heavy (non-hydrogen) atoms. The summed E-state index contributed by atoms with van der Waals surface area (Å²) in [6.45, 7) is 6.61. The zero-order valence-electron chi connectivity index (χ0n) is 10.7. The van der Waals surface area contributed by atoms with Crippen molar-refractivity contribution in [3.05, 3.63) is 35.9 Å². The largest absolute Gasteiger partial charge is 0.305 e. The molecule has 0 aliphatic rings. The van der Waals surface area contributed by atoms with Gasteiger partial charge in [0.05, 0.1) is 6.54 Å². The van der Waals surface area contributed by atoms with Crippen LogP contribution in [0.2, 0.25) is 0 Å². The van der Waals surface area contributed by atoms with Crippen LogP contribution in [0.1, 0.15) is 26.6 Å². The van der Waals surface area contributed by atoms with Gasteiger partial charge in [-0.15, -0.1) is 5.10 Å². The fraction of sp³-hybridized carbons (Fsp3) is 0.417. The average molecular weight is 249 g/mol. The molecule has 96 valence electrons. The summed E-state index contributed by atoms with van der Waals surface area (Å²) in [7, 11) is 0. The first-order valence-corrected chi connectivity index (χ1v) is 5.74. The monoisotopic (exact) mass is 249 g/mol. The van der Waals surface area contributed by atoms with Gasteiger partial charge < -0.3 is 5.32 Å². The molecule has 0 saturated heterocycles. The number of hydrogen-bond acceptors (Lipinski definition) is 4. The second kappa shape index (κ2) is 4.81. The van der Waals surface area contributed by atoms with E-state index in [1.54, 1.807) is 18.2 Å². The lowest BCUT2D eigenvalue weighted by Gasteiger charge is -2.19. The predicted molar refractivity (Wildman–Crippen MR) is 65.7 cm³/mol. The van der Waals surface area contributed by atoms with Gasteiger partial charge in [0.25, 0.3) is 0 Å². The minimum atomic E-state index is -0.346. The maximum absolute atomic E-state index is 13.7. The molecule has 6 heteroatoms. The van der Waals surface area contributed by atoms with Gasteiger partial charge in [-0.3, -0.25) is 0 Å². The highest BCUT2D eigenvalue weighted by Crippen LogP contribution is 2.12. The van der Waals surface area contributed by atoms with E-state index < -0.39 is 0 Å². The van der Waals surface area contributed by atoms with Crippen LogP contribution in [0.3, 0.4) is 0 Å². The summed E-state index contributed by atoms with van der Waals surface area (Å²) in [4.78, 5) is 0. The maximum atomic E-state index is 13.7. The Morgan fingerprint density at radius 2 is 2.00 bits per heavy atom. The zero-order chi connectivity index (χ0) is 13.2. The molecular weight excluding hydrogens is 233 g/mol. The molecule has 2 rings (SSSR count).